The molecular formula is C17H26N2S. The van der Waals surface area contributed by atoms with Gasteiger partial charge in [0, 0.05) is 19.6 Å². The maximum absolute atomic E-state index is 5.55. The van der Waals surface area contributed by atoms with Crippen molar-refractivity contribution in [2.24, 2.45) is 5.92 Å². The molecule has 1 aliphatic rings. The molecule has 20 heavy (non-hydrogen) atoms. The molecule has 0 unspecified atom stereocenters. The number of nitrogens with one attached hydrogen (secondary N) is 1. The molecule has 0 aromatic heterocycles. The van der Waals surface area contributed by atoms with E-state index in [2.05, 4.69) is 55.4 Å². The Morgan fingerprint density at radius 3 is 2.55 bits per heavy atom. The monoisotopic (exact) mass is 290 g/mol. The van der Waals surface area contributed by atoms with Crippen LogP contribution < -0.4 is 5.32 Å². The minimum Gasteiger partial charge on any atom is -0.360 e. The van der Waals surface area contributed by atoms with Gasteiger partial charge in [-0.1, -0.05) is 49.6 Å². The normalized spacial score (nSPS) is 22.4. The van der Waals surface area contributed by atoms with Crippen molar-refractivity contribution >= 4 is 17.3 Å². The molecule has 3 heteroatoms. The zero-order valence-electron chi connectivity index (χ0n) is 12.9. The van der Waals surface area contributed by atoms with Gasteiger partial charge < -0.3 is 10.2 Å². The van der Waals surface area contributed by atoms with Crippen molar-refractivity contribution in [3.05, 3.63) is 35.4 Å². The minimum atomic E-state index is 0.553. The molecule has 1 saturated carbocycles. The lowest BCUT2D eigenvalue weighted by molar-refractivity contribution is 0.300. The highest BCUT2D eigenvalue weighted by molar-refractivity contribution is 7.80. The summed E-state index contributed by atoms with van der Waals surface area (Å²) in [5.41, 5.74) is 2.60. The van der Waals surface area contributed by atoms with Gasteiger partial charge in [-0.3, -0.25) is 0 Å². The highest BCUT2D eigenvalue weighted by atomic mass is 32.1. The van der Waals surface area contributed by atoms with E-state index in [-0.39, 0.29) is 0 Å². The smallest absolute Gasteiger partial charge is 0.169 e. The van der Waals surface area contributed by atoms with Gasteiger partial charge in [0.25, 0.3) is 0 Å². The standard InChI is InChI=1S/C17H26N2S/c1-13-8-10-15(11-9-13)12-19(3)17(20)18-16-7-5-4-6-14(16)2/h8-11,14,16H,4-7,12H2,1-3H3,(H,18,20)/t14-,16-/m1/s1. The summed E-state index contributed by atoms with van der Waals surface area (Å²) in [5, 5.41) is 4.44. The van der Waals surface area contributed by atoms with Gasteiger partial charge in [0.05, 0.1) is 0 Å². The summed E-state index contributed by atoms with van der Waals surface area (Å²) in [6.45, 7) is 5.32. The molecule has 0 amide bonds. The van der Waals surface area contributed by atoms with Crippen LogP contribution in [0, 0.1) is 12.8 Å². The van der Waals surface area contributed by atoms with Gasteiger partial charge in [0.2, 0.25) is 0 Å². The van der Waals surface area contributed by atoms with Gasteiger partial charge in [0.15, 0.2) is 5.11 Å². The molecule has 0 aliphatic heterocycles. The molecule has 0 radical (unpaired) electrons. The average molecular weight is 290 g/mol. The molecule has 110 valence electrons. The number of hydrogen-bond donors (Lipinski definition) is 1. The highest BCUT2D eigenvalue weighted by Crippen LogP contribution is 2.23. The van der Waals surface area contributed by atoms with Gasteiger partial charge in [-0.2, -0.15) is 0 Å². The van der Waals surface area contributed by atoms with Crippen molar-refractivity contribution in [3.63, 3.8) is 0 Å². The first-order valence-electron chi connectivity index (χ1n) is 7.63. The quantitative estimate of drug-likeness (QED) is 0.851. The van der Waals surface area contributed by atoms with E-state index in [1.54, 1.807) is 0 Å². The molecule has 0 heterocycles. The first-order valence-corrected chi connectivity index (χ1v) is 8.04. The summed E-state index contributed by atoms with van der Waals surface area (Å²) < 4.78 is 0. The first-order chi connectivity index (χ1) is 9.56. The maximum Gasteiger partial charge on any atom is 0.169 e. The predicted octanol–water partition coefficient (Wildman–Crippen LogP) is 3.88. The molecule has 1 aromatic carbocycles. The molecule has 0 saturated heterocycles. The second kappa shape index (κ2) is 7.07. The van der Waals surface area contributed by atoms with E-state index in [1.165, 1.54) is 36.8 Å². The first kappa shape index (κ1) is 15.3. The van der Waals surface area contributed by atoms with Crippen molar-refractivity contribution in [2.75, 3.05) is 7.05 Å². The van der Waals surface area contributed by atoms with E-state index in [1.807, 2.05) is 0 Å². The van der Waals surface area contributed by atoms with E-state index in [0.29, 0.717) is 6.04 Å². The van der Waals surface area contributed by atoms with Crippen LogP contribution in [-0.4, -0.2) is 23.1 Å². The largest absolute Gasteiger partial charge is 0.360 e. The van der Waals surface area contributed by atoms with Crippen molar-refractivity contribution < 1.29 is 0 Å². The van der Waals surface area contributed by atoms with Crippen molar-refractivity contribution in [3.8, 4) is 0 Å². The molecule has 2 atom stereocenters. The summed E-state index contributed by atoms with van der Waals surface area (Å²) in [4.78, 5) is 2.14. The minimum absolute atomic E-state index is 0.553. The van der Waals surface area contributed by atoms with Crippen LogP contribution in [0.5, 0.6) is 0 Å². The fourth-order valence-corrected chi connectivity index (χ4v) is 3.05. The molecule has 1 fully saturated rings. The Kier molecular flexibility index (Phi) is 5.41. The zero-order valence-corrected chi connectivity index (χ0v) is 13.7. The average Bonchev–Trinajstić information content (AvgIpc) is 2.44. The Bertz CT molecular complexity index is 441. The molecule has 2 rings (SSSR count). The Morgan fingerprint density at radius 2 is 1.90 bits per heavy atom. The lowest BCUT2D eigenvalue weighted by Crippen LogP contribution is -2.46. The van der Waals surface area contributed by atoms with E-state index in [9.17, 15) is 0 Å². The van der Waals surface area contributed by atoms with E-state index < -0.39 is 0 Å². The summed E-state index contributed by atoms with van der Waals surface area (Å²) in [7, 11) is 2.07. The Hall–Kier alpha value is -1.09. The highest BCUT2D eigenvalue weighted by Gasteiger charge is 2.22. The number of hydrogen-bond acceptors (Lipinski definition) is 1. The lowest BCUT2D eigenvalue weighted by atomic mass is 9.86. The van der Waals surface area contributed by atoms with Crippen LogP contribution in [0.4, 0.5) is 0 Å². The van der Waals surface area contributed by atoms with Crippen LogP contribution >= 0.6 is 12.2 Å². The number of nitrogens with zero attached hydrogens (tertiary/aromatic N) is 1. The summed E-state index contributed by atoms with van der Waals surface area (Å²) in [6, 6.07) is 9.22. The topological polar surface area (TPSA) is 15.3 Å². The summed E-state index contributed by atoms with van der Waals surface area (Å²) in [6.07, 6.45) is 5.26. The van der Waals surface area contributed by atoms with Crippen LogP contribution in [0.2, 0.25) is 0 Å². The maximum atomic E-state index is 5.55. The van der Waals surface area contributed by atoms with Crippen molar-refractivity contribution in [1.82, 2.24) is 10.2 Å². The van der Waals surface area contributed by atoms with Crippen LogP contribution in [0.3, 0.4) is 0 Å². The van der Waals surface area contributed by atoms with Crippen LogP contribution in [0.25, 0.3) is 0 Å². The molecule has 0 bridgehead atoms. The molecular weight excluding hydrogens is 264 g/mol. The van der Waals surface area contributed by atoms with E-state index in [4.69, 9.17) is 12.2 Å². The van der Waals surface area contributed by atoms with E-state index in [0.717, 1.165) is 17.6 Å². The van der Waals surface area contributed by atoms with Crippen LogP contribution in [-0.2, 0) is 6.54 Å². The Balaban J connectivity index is 1.86. The van der Waals surface area contributed by atoms with Crippen molar-refractivity contribution in [2.45, 2.75) is 52.1 Å². The molecule has 1 N–H and O–H groups in total. The van der Waals surface area contributed by atoms with Gasteiger partial charge in [-0.05, 0) is 43.5 Å². The second-order valence-corrected chi connectivity index (χ2v) is 6.55. The summed E-state index contributed by atoms with van der Waals surface area (Å²) >= 11 is 5.55. The Morgan fingerprint density at radius 1 is 1.25 bits per heavy atom. The molecule has 2 nitrogen and oxygen atoms in total. The van der Waals surface area contributed by atoms with E-state index >= 15 is 0 Å². The number of aryl methyl sites for hydroxylation is 1. The molecule has 0 spiro atoms. The third-order valence-corrected chi connectivity index (χ3v) is 4.74. The molecule has 1 aliphatic carbocycles. The fraction of sp³-hybridized carbons (Fsp3) is 0.588. The number of thiocarbonyl (C=S) groups is 1. The Labute approximate surface area is 128 Å². The van der Waals surface area contributed by atoms with Crippen LogP contribution in [0.15, 0.2) is 24.3 Å². The van der Waals surface area contributed by atoms with Gasteiger partial charge in [-0.25, -0.2) is 0 Å². The molecule has 1 aromatic rings. The lowest BCUT2D eigenvalue weighted by Gasteiger charge is -2.33. The fourth-order valence-electron chi connectivity index (χ4n) is 2.84. The number of rotatable bonds is 3. The summed E-state index contributed by atoms with van der Waals surface area (Å²) in [5.74, 6) is 0.731. The second-order valence-electron chi connectivity index (χ2n) is 6.16. The third-order valence-electron chi connectivity index (χ3n) is 4.31. The van der Waals surface area contributed by atoms with Gasteiger partial charge in [0.1, 0.15) is 0 Å². The van der Waals surface area contributed by atoms with Gasteiger partial charge in [-0.15, -0.1) is 0 Å². The number of benzene rings is 1. The predicted molar refractivity (Wildman–Crippen MR) is 89.8 cm³/mol. The third kappa shape index (κ3) is 4.20. The van der Waals surface area contributed by atoms with Gasteiger partial charge >= 0.3 is 0 Å². The zero-order chi connectivity index (χ0) is 14.5. The van der Waals surface area contributed by atoms with Crippen LogP contribution in [0.1, 0.15) is 43.7 Å². The van der Waals surface area contributed by atoms with Crippen molar-refractivity contribution in [1.29, 1.82) is 0 Å². The SMILES string of the molecule is Cc1ccc(CN(C)C(=S)N[C@@H]2CCCC[C@H]2C)cc1.